The van der Waals surface area contributed by atoms with Crippen LogP contribution in [0.15, 0.2) is 0 Å². The number of hydrogen-bond acceptors (Lipinski definition) is 6. The molecular weight excluding hydrogens is 386 g/mol. The highest BCUT2D eigenvalue weighted by atomic mass is 32.1. The zero-order valence-corrected chi connectivity index (χ0v) is 18.9. The topological polar surface area (TPSA) is 75.9 Å². The van der Waals surface area contributed by atoms with Gasteiger partial charge in [0.05, 0.1) is 16.0 Å². The molecule has 1 atom stereocenters. The second kappa shape index (κ2) is 7.27. The van der Waals surface area contributed by atoms with Gasteiger partial charge in [0.1, 0.15) is 5.60 Å². The number of aryl methyl sites for hydroxylation is 1. The predicted molar refractivity (Wildman–Crippen MR) is 115 cm³/mol. The minimum absolute atomic E-state index is 0.0152. The van der Waals surface area contributed by atoms with Gasteiger partial charge < -0.3 is 15.4 Å². The lowest BCUT2D eigenvalue weighted by Gasteiger charge is -2.44. The number of cyclic esters (lactones) is 1. The summed E-state index contributed by atoms with van der Waals surface area (Å²) >= 11 is 1.50. The van der Waals surface area contributed by atoms with Crippen molar-refractivity contribution in [2.45, 2.75) is 71.4 Å². The Kier molecular flexibility index (Phi) is 5.18. The van der Waals surface area contributed by atoms with Crippen LogP contribution in [0.2, 0.25) is 0 Å². The molecule has 0 radical (unpaired) electrons. The lowest BCUT2D eigenvalue weighted by molar-refractivity contribution is -0.154. The largest absolute Gasteiger partial charge is 0.459 e. The van der Waals surface area contributed by atoms with Gasteiger partial charge in [-0.15, -0.1) is 11.3 Å². The Balaban J connectivity index is 1.40. The molecule has 1 aromatic heterocycles. The van der Waals surface area contributed by atoms with Crippen LogP contribution in [-0.2, 0) is 9.53 Å². The molecule has 4 heterocycles. The number of carbonyl (C=O) groups excluding carboxylic acids is 2. The molecule has 7 heteroatoms. The number of ether oxygens (including phenoxy) is 1. The van der Waals surface area contributed by atoms with Crippen molar-refractivity contribution in [3.8, 4) is 0 Å². The minimum Gasteiger partial charge on any atom is -0.459 e. The van der Waals surface area contributed by atoms with Crippen molar-refractivity contribution in [2.24, 2.45) is 5.41 Å². The van der Waals surface area contributed by atoms with Gasteiger partial charge >= 0.3 is 5.97 Å². The number of rotatable bonds is 2. The Hall–Kier alpha value is -1.60. The number of anilines is 1. The number of carbonyl (C=O) groups is 2. The van der Waals surface area contributed by atoms with Crippen LogP contribution in [0.3, 0.4) is 0 Å². The van der Waals surface area contributed by atoms with E-state index in [0.717, 1.165) is 68.7 Å². The molecule has 0 bridgehead atoms. The Morgan fingerprint density at radius 2 is 1.90 bits per heavy atom. The Labute approximate surface area is 177 Å². The number of nitrogens with zero attached hydrogens (tertiary/aromatic N) is 2. The van der Waals surface area contributed by atoms with Gasteiger partial charge in [-0.05, 0) is 65.5 Å². The maximum atomic E-state index is 13.0. The molecule has 2 N–H and O–H groups in total. The van der Waals surface area contributed by atoms with Gasteiger partial charge in [0.15, 0.2) is 0 Å². The van der Waals surface area contributed by atoms with Crippen molar-refractivity contribution in [1.82, 2.24) is 9.80 Å². The first-order valence-electron chi connectivity index (χ1n) is 10.7. The third-order valence-corrected chi connectivity index (χ3v) is 8.10. The molecule has 0 aliphatic carbocycles. The molecular formula is C22H33N3O3S. The first kappa shape index (κ1) is 20.7. The molecule has 1 aromatic rings. The monoisotopic (exact) mass is 419 g/mol. The summed E-state index contributed by atoms with van der Waals surface area (Å²) in [4.78, 5) is 31.2. The summed E-state index contributed by atoms with van der Waals surface area (Å²) in [5, 5.41) is 0.632. The number of hydrogen-bond donors (Lipinski definition) is 1. The zero-order chi connectivity index (χ0) is 21.0. The molecule has 0 aromatic carbocycles. The van der Waals surface area contributed by atoms with E-state index < -0.39 is 0 Å². The number of esters is 1. The minimum atomic E-state index is -0.355. The normalized spacial score (nSPS) is 28.1. The number of nitrogens with two attached hydrogens (primary N) is 1. The first-order valence-corrected chi connectivity index (χ1v) is 11.6. The van der Waals surface area contributed by atoms with E-state index in [9.17, 15) is 9.59 Å². The molecule has 6 nitrogen and oxygen atoms in total. The van der Waals surface area contributed by atoms with E-state index in [1.165, 1.54) is 11.3 Å². The molecule has 0 saturated carbocycles. The first-order chi connectivity index (χ1) is 13.6. The average Bonchev–Trinajstić information content (AvgIpc) is 3.04. The SMILES string of the molecule is Cc1sc(N)c(C(=O)N2CCC(N3CCCC4(C3)CC(C)(C)OC4=O)CC2)c1C. The number of amides is 1. The fraction of sp³-hybridized carbons (Fsp3) is 0.727. The summed E-state index contributed by atoms with van der Waals surface area (Å²) in [7, 11) is 0. The van der Waals surface area contributed by atoms with E-state index in [4.69, 9.17) is 10.5 Å². The van der Waals surface area contributed by atoms with Crippen LogP contribution in [0.1, 0.15) is 66.8 Å². The van der Waals surface area contributed by atoms with Crippen molar-refractivity contribution in [2.75, 3.05) is 31.9 Å². The van der Waals surface area contributed by atoms with Gasteiger partial charge in [0.2, 0.25) is 0 Å². The molecule has 3 saturated heterocycles. The zero-order valence-electron chi connectivity index (χ0n) is 18.0. The van der Waals surface area contributed by atoms with Crippen LogP contribution in [0.5, 0.6) is 0 Å². The van der Waals surface area contributed by atoms with E-state index >= 15 is 0 Å². The molecule has 29 heavy (non-hydrogen) atoms. The summed E-state index contributed by atoms with van der Waals surface area (Å²) < 4.78 is 5.67. The maximum Gasteiger partial charge on any atom is 0.314 e. The van der Waals surface area contributed by atoms with Crippen LogP contribution >= 0.6 is 11.3 Å². The molecule has 1 unspecified atom stereocenters. The number of nitrogen functional groups attached to an aromatic ring is 1. The number of likely N-dealkylation sites (tertiary alicyclic amines) is 2. The smallest absolute Gasteiger partial charge is 0.314 e. The molecule has 1 spiro atoms. The van der Waals surface area contributed by atoms with E-state index in [1.54, 1.807) is 0 Å². The van der Waals surface area contributed by atoms with Crippen LogP contribution < -0.4 is 5.73 Å². The predicted octanol–water partition coefficient (Wildman–Crippen LogP) is 3.36. The molecule has 4 rings (SSSR count). The summed E-state index contributed by atoms with van der Waals surface area (Å²) in [5.74, 6) is 0.0534. The highest BCUT2D eigenvalue weighted by molar-refractivity contribution is 7.16. The van der Waals surface area contributed by atoms with Crippen molar-refractivity contribution in [1.29, 1.82) is 0 Å². The van der Waals surface area contributed by atoms with Crippen LogP contribution in [-0.4, -0.2) is 59.5 Å². The standard InChI is InChI=1S/C22H33N3O3S/c1-14-15(2)29-18(23)17(14)19(26)24-10-6-16(7-11-24)25-9-5-8-22(13-25)12-21(3,4)28-20(22)27/h16H,5-13,23H2,1-4H3. The van der Waals surface area contributed by atoms with Crippen molar-refractivity contribution in [3.63, 3.8) is 0 Å². The Morgan fingerprint density at radius 3 is 2.45 bits per heavy atom. The lowest BCUT2D eigenvalue weighted by atomic mass is 9.74. The fourth-order valence-electron chi connectivity index (χ4n) is 5.58. The van der Waals surface area contributed by atoms with Crippen LogP contribution in [0.25, 0.3) is 0 Å². The van der Waals surface area contributed by atoms with Gasteiger partial charge in [-0.25, -0.2) is 0 Å². The van der Waals surface area contributed by atoms with Crippen molar-refractivity contribution < 1.29 is 14.3 Å². The van der Waals surface area contributed by atoms with Gasteiger partial charge in [0.25, 0.3) is 5.91 Å². The number of thiophene rings is 1. The van der Waals surface area contributed by atoms with Crippen molar-refractivity contribution in [3.05, 3.63) is 16.0 Å². The van der Waals surface area contributed by atoms with E-state index in [-0.39, 0.29) is 22.9 Å². The summed E-state index contributed by atoms with van der Waals surface area (Å²) in [5.41, 5.74) is 7.13. The third kappa shape index (κ3) is 3.67. The fourth-order valence-corrected chi connectivity index (χ4v) is 6.51. The van der Waals surface area contributed by atoms with Crippen molar-refractivity contribution >= 4 is 28.2 Å². The molecule has 160 valence electrons. The summed E-state index contributed by atoms with van der Waals surface area (Å²) in [6, 6.07) is 0.426. The van der Waals surface area contributed by atoms with Crippen LogP contribution in [0.4, 0.5) is 5.00 Å². The van der Waals surface area contributed by atoms with Gasteiger partial charge in [-0.2, -0.15) is 0 Å². The average molecular weight is 420 g/mol. The Morgan fingerprint density at radius 1 is 1.21 bits per heavy atom. The molecule has 3 aliphatic heterocycles. The van der Waals surface area contributed by atoms with Gasteiger partial charge in [-0.1, -0.05) is 0 Å². The second-order valence-electron chi connectivity index (χ2n) is 9.73. The van der Waals surface area contributed by atoms with E-state index in [0.29, 0.717) is 16.6 Å². The third-order valence-electron chi connectivity index (χ3n) is 7.07. The van der Waals surface area contributed by atoms with Gasteiger partial charge in [0, 0.05) is 37.0 Å². The molecule has 1 amide bonds. The van der Waals surface area contributed by atoms with Crippen LogP contribution in [0, 0.1) is 19.3 Å². The lowest BCUT2D eigenvalue weighted by Crippen LogP contribution is -2.53. The molecule has 3 fully saturated rings. The molecule has 3 aliphatic rings. The van der Waals surface area contributed by atoms with E-state index in [1.807, 2.05) is 32.6 Å². The van der Waals surface area contributed by atoms with Gasteiger partial charge in [-0.3, -0.25) is 14.5 Å². The number of piperidine rings is 2. The highest BCUT2D eigenvalue weighted by Gasteiger charge is 2.54. The quantitative estimate of drug-likeness (QED) is 0.744. The maximum absolute atomic E-state index is 13.0. The Bertz CT molecular complexity index is 826. The second-order valence-corrected chi connectivity index (χ2v) is 11.0. The van der Waals surface area contributed by atoms with E-state index in [2.05, 4.69) is 4.90 Å². The summed E-state index contributed by atoms with van der Waals surface area (Å²) in [6.07, 6.45) is 4.67. The summed E-state index contributed by atoms with van der Waals surface area (Å²) in [6.45, 7) is 11.4. The highest BCUT2D eigenvalue weighted by Crippen LogP contribution is 2.46.